The number of nitriles is 2. The van der Waals surface area contributed by atoms with Gasteiger partial charge in [0.25, 0.3) is 0 Å². The van der Waals surface area contributed by atoms with Gasteiger partial charge in [0.05, 0.1) is 50.5 Å². The molecule has 4 aromatic rings. The molecule has 113 heavy (non-hydrogen) atoms. The van der Waals surface area contributed by atoms with Crippen LogP contribution in [0.4, 0.5) is 26.3 Å². The van der Waals surface area contributed by atoms with Crippen molar-refractivity contribution in [3.8, 4) is 69.6 Å². The van der Waals surface area contributed by atoms with Crippen molar-refractivity contribution in [2.24, 2.45) is 0 Å². The standard InChI is InChI=1S/C37H42F3N5O9.C33H36F3N5O8.C6H11ClO.2CH4/c1-8-9-26(47)54-34-27-20(10-16(2)30(34)50-7)11-22-24(13-41)45-23(29(27)44(22)6)12-21-28(33-32(51-15-52-33)17(3)31(21)53-19(5)46)25(45)14-42-35(48)18(4)43-36(49)37(38,39)40;1-13-7-17-8-19-21(10-37)41-20(25(40(19)5)23(17)26(43)27(13)46-6)9-18-24(30-29(47-12-48-30)14(2)28(18)49-16(4)42)22(41)11-38-31(44)15(3)39-32(45)33(34,35)36;1-2-3-4-5-6(7)8;;/h10,18,22-25,29H,8-9,11-12,14-15H2,1-7H3,(H,42,48)(H,43,49);7,15,19-22,25,43H,8-9,11-12H2,1-6H3,(H,38,44)(H,39,45);2-5H2,1H3;2*1H4/t18-,22-,23?,24-,25-,29-;15-,19-,20?,21-,22-,25-;;;/m00.../s1. The Balaban J connectivity index is 0.000000255. The van der Waals surface area contributed by atoms with Crippen molar-refractivity contribution >= 4 is 58.4 Å². The third-order valence-corrected chi connectivity index (χ3v) is 21.8. The van der Waals surface area contributed by atoms with Gasteiger partial charge in [-0.05, 0) is 128 Å². The van der Waals surface area contributed by atoms with Gasteiger partial charge in [-0.3, -0.25) is 58.0 Å². The van der Waals surface area contributed by atoms with Crippen molar-refractivity contribution in [3.63, 3.8) is 0 Å². The van der Waals surface area contributed by atoms with Crippen molar-refractivity contribution in [3.05, 3.63) is 78.9 Å². The van der Waals surface area contributed by atoms with E-state index in [1.807, 2.05) is 61.7 Å². The number of alkyl halides is 6. The second-order valence-electron chi connectivity index (χ2n) is 28.6. The topological polar surface area (TPSA) is 349 Å². The number of fused-ring (bicyclic) bond motifs is 18. The van der Waals surface area contributed by atoms with Crippen molar-refractivity contribution < 1.29 is 112 Å². The number of benzene rings is 4. The van der Waals surface area contributed by atoms with Crippen LogP contribution in [0.2, 0.25) is 0 Å². The molecule has 0 radical (unpaired) electrons. The highest BCUT2D eigenvalue weighted by Crippen LogP contribution is 2.61. The SMILES string of the molecule is C.C.CCCC(=O)Oc1c(OC)c(C)cc2c1[C@@H]1C3Cc4c(OC(C)=O)c(C)c5c(c4[C@H](CNC(=O)[C@H](C)NC(=O)C(F)(F)F)N3[C@@H](C#N)[C@H](C2)N1C)OCO5.CCCCCC(=O)Cl.COc1c(C)cc2c(c1O)[C@@H]1C3Cc4c(OC(C)=O)c(C)c5c(c4[C@H](CNC(=O)[C@H](C)NC(=O)C(F)(F)F)N3[C@@H](C#N)[C@H](C2)N1C)OCO5. The Morgan fingerprint density at radius 2 is 0.982 bits per heavy atom. The van der Waals surface area contributed by atoms with Crippen molar-refractivity contribution in [1.29, 1.82) is 10.5 Å². The number of rotatable bonds is 19. The molecule has 2 saturated heterocycles. The van der Waals surface area contributed by atoms with Gasteiger partial charge in [0.15, 0.2) is 46.0 Å². The summed E-state index contributed by atoms with van der Waals surface area (Å²) in [7, 11) is 6.72. The Morgan fingerprint density at radius 1 is 0.575 bits per heavy atom. The van der Waals surface area contributed by atoms with E-state index in [4.69, 9.17) is 54.2 Å². The molecule has 4 bridgehead atoms. The molecular weight excluding hydrogens is 1510 g/mol. The van der Waals surface area contributed by atoms with E-state index < -0.39 is 120 Å². The van der Waals surface area contributed by atoms with Gasteiger partial charge in [-0.1, -0.05) is 53.7 Å². The molecule has 0 aliphatic carbocycles. The second-order valence-corrected chi connectivity index (χ2v) is 29.0. The number of aryl methyl sites for hydroxylation is 2. The summed E-state index contributed by atoms with van der Waals surface area (Å²) in [6.07, 6.45) is -4.75. The van der Waals surface area contributed by atoms with Crippen LogP contribution in [0.5, 0.6) is 57.5 Å². The number of hydrogen-bond donors (Lipinski definition) is 5. The predicted octanol–water partition coefficient (Wildman–Crippen LogP) is 9.86. The normalized spacial score (nSPS) is 22.3. The number of methoxy groups -OCH3 is 2. The van der Waals surface area contributed by atoms with Crippen LogP contribution >= 0.6 is 11.6 Å². The van der Waals surface area contributed by atoms with E-state index in [-0.39, 0.29) is 95.1 Å². The highest BCUT2D eigenvalue weighted by molar-refractivity contribution is 6.63. The van der Waals surface area contributed by atoms with Crippen LogP contribution in [0.1, 0.15) is 186 Å². The maximum absolute atomic E-state index is 13.3. The van der Waals surface area contributed by atoms with E-state index in [0.29, 0.717) is 105 Å². The predicted molar refractivity (Wildman–Crippen MR) is 396 cm³/mol. The summed E-state index contributed by atoms with van der Waals surface area (Å²) in [5.74, 6) is -5.31. The Morgan fingerprint density at radius 3 is 1.36 bits per heavy atom. The summed E-state index contributed by atoms with van der Waals surface area (Å²) in [6, 6.07) is -0.606. The lowest BCUT2D eigenvalue weighted by molar-refractivity contribution is -0.174. The fraction of sp³-hybridized carbons (Fsp3) is 0.564. The summed E-state index contributed by atoms with van der Waals surface area (Å²) >= 11 is 5.07. The highest BCUT2D eigenvalue weighted by atomic mass is 35.5. The van der Waals surface area contributed by atoms with E-state index in [9.17, 15) is 80.3 Å². The molecule has 4 aromatic carbocycles. The lowest BCUT2D eigenvalue weighted by atomic mass is 9.71. The molecule has 2 fully saturated rings. The number of nitrogens with zero attached hydrogens (tertiary/aromatic N) is 6. The smallest absolute Gasteiger partial charge is 0.471 e. The molecule has 5 N–H and O–H groups in total. The average molecular weight is 1610 g/mol. The number of phenolic OH excluding ortho intramolecular Hbond substituents is 1. The molecule has 0 spiro atoms. The summed E-state index contributed by atoms with van der Waals surface area (Å²) in [5, 5.41) is 41.8. The number of nitrogens with one attached hydrogen (secondary N) is 4. The zero-order valence-corrected chi connectivity index (χ0v) is 64.5. The van der Waals surface area contributed by atoms with Crippen LogP contribution in [0.25, 0.3) is 0 Å². The average Bonchev–Trinajstić information content (AvgIpc) is 1.59. The number of amides is 4. The molecule has 8 heterocycles. The molecule has 8 aliphatic heterocycles. The first-order valence-electron chi connectivity index (χ1n) is 36.2. The van der Waals surface area contributed by atoms with Gasteiger partial charge in [0.1, 0.15) is 35.7 Å². The molecule has 28 nitrogen and oxygen atoms in total. The quantitative estimate of drug-likeness (QED) is 0.0191. The van der Waals surface area contributed by atoms with Crippen LogP contribution in [-0.2, 0) is 64.0 Å². The highest BCUT2D eigenvalue weighted by Gasteiger charge is 2.60. The molecule has 0 saturated carbocycles. The fourth-order valence-corrected chi connectivity index (χ4v) is 17.1. The van der Waals surface area contributed by atoms with E-state index in [2.05, 4.69) is 34.6 Å². The molecule has 616 valence electrons. The molecule has 4 amide bonds. The second kappa shape index (κ2) is 35.7. The van der Waals surface area contributed by atoms with Crippen LogP contribution < -0.4 is 63.9 Å². The summed E-state index contributed by atoms with van der Waals surface area (Å²) in [6.45, 7) is 15.0. The number of halogens is 7. The first-order chi connectivity index (χ1) is 52.4. The number of piperazine rings is 2. The van der Waals surface area contributed by atoms with Gasteiger partial charge in [0.2, 0.25) is 30.6 Å². The summed E-state index contributed by atoms with van der Waals surface area (Å²) < 4.78 is 131. The van der Waals surface area contributed by atoms with E-state index in [1.54, 1.807) is 24.5 Å². The van der Waals surface area contributed by atoms with Crippen LogP contribution in [0, 0.1) is 50.4 Å². The molecule has 35 heteroatoms. The monoisotopic (exact) mass is 1610 g/mol. The largest absolute Gasteiger partial charge is 0.504 e. The molecule has 0 aromatic heterocycles. The van der Waals surface area contributed by atoms with Crippen molar-refractivity contribution in [2.45, 2.75) is 233 Å². The number of hydrogen-bond acceptors (Lipinski definition) is 24. The van der Waals surface area contributed by atoms with Crippen molar-refractivity contribution in [2.75, 3.05) is 55.0 Å². The van der Waals surface area contributed by atoms with Gasteiger partial charge in [-0.15, -0.1) is 0 Å². The minimum Gasteiger partial charge on any atom is -0.504 e. The molecule has 12 rings (SSSR count). The number of esters is 3. The fourth-order valence-electron chi connectivity index (χ4n) is 17.0. The molecular formula is C78H97ClF6N10O18. The zero-order chi connectivity index (χ0) is 81.5. The maximum atomic E-state index is 13.3. The Bertz CT molecular complexity index is 4470. The number of phenols is 1. The molecule has 8 aliphatic rings. The Hall–Kier alpha value is -9.87. The number of carbonyl (C=O) groups excluding carboxylic acids is 8. The summed E-state index contributed by atoms with van der Waals surface area (Å²) in [4.78, 5) is 106. The van der Waals surface area contributed by atoms with Gasteiger partial charge in [0, 0.05) is 108 Å². The van der Waals surface area contributed by atoms with Crippen LogP contribution in [-0.4, -0.2) is 187 Å². The van der Waals surface area contributed by atoms with Gasteiger partial charge < -0.3 is 69.0 Å². The minimum absolute atomic E-state index is 0. The zero-order valence-electron chi connectivity index (χ0n) is 63.7. The van der Waals surface area contributed by atoms with E-state index >= 15 is 0 Å². The number of likely N-dealkylation sites (N-methyl/N-ethyl adjacent to an activating group) is 2. The number of ether oxygens (including phenoxy) is 9. The van der Waals surface area contributed by atoms with E-state index in [1.165, 1.54) is 28.1 Å². The third-order valence-electron chi connectivity index (χ3n) is 21.6. The molecule has 2 unspecified atom stereocenters. The third kappa shape index (κ3) is 17.2. The number of unbranched alkanes of at least 4 members (excludes halogenated alkanes) is 2. The van der Waals surface area contributed by atoms with Gasteiger partial charge >= 0.3 is 42.1 Å². The lowest BCUT2D eigenvalue weighted by Gasteiger charge is -2.60. The summed E-state index contributed by atoms with van der Waals surface area (Å²) in [5.41, 5.74) is 7.58. The maximum Gasteiger partial charge on any atom is 0.471 e. The lowest BCUT2D eigenvalue weighted by Crippen LogP contribution is -2.69. The Kier molecular flexibility index (Phi) is 28.0. The van der Waals surface area contributed by atoms with Crippen molar-refractivity contribution in [1.82, 2.24) is 40.9 Å². The minimum atomic E-state index is -5.20. The first-order valence-corrected chi connectivity index (χ1v) is 36.6. The van der Waals surface area contributed by atoms with Crippen LogP contribution in [0.15, 0.2) is 12.1 Å². The first kappa shape index (κ1) is 88.7. The number of aromatic hydroxyl groups is 1. The number of carbonyl (C=O) groups is 8. The van der Waals surface area contributed by atoms with Gasteiger partial charge in [-0.2, -0.15) is 36.9 Å². The van der Waals surface area contributed by atoms with E-state index in [0.717, 1.165) is 55.4 Å². The molecule has 12 atom stereocenters. The van der Waals surface area contributed by atoms with Crippen LogP contribution in [0.3, 0.4) is 0 Å². The van der Waals surface area contributed by atoms with Gasteiger partial charge in [-0.25, -0.2) is 0 Å². The Labute approximate surface area is 656 Å².